The second-order valence-corrected chi connectivity index (χ2v) is 8.56. The molecule has 0 aromatic carbocycles. The normalized spacial score (nSPS) is 32.1. The van der Waals surface area contributed by atoms with Crippen LogP contribution in [0.3, 0.4) is 0 Å². The zero-order chi connectivity index (χ0) is 20.3. The number of hydrogen-bond donors (Lipinski definition) is 0. The van der Waals surface area contributed by atoms with E-state index in [-0.39, 0.29) is 17.5 Å². The number of rotatable bonds is 4. The third-order valence-electron chi connectivity index (χ3n) is 6.49. The predicted molar refractivity (Wildman–Crippen MR) is 114 cm³/mol. The molecule has 0 bridgehead atoms. The first-order chi connectivity index (χ1) is 14.1. The van der Waals surface area contributed by atoms with Crippen LogP contribution in [0.2, 0.25) is 0 Å². The zero-order valence-corrected chi connectivity index (χ0v) is 17.7. The van der Waals surface area contributed by atoms with Gasteiger partial charge in [-0.1, -0.05) is 37.5 Å². The van der Waals surface area contributed by atoms with Crippen molar-refractivity contribution >= 4 is 11.9 Å². The van der Waals surface area contributed by atoms with Gasteiger partial charge in [0.1, 0.15) is 0 Å². The molecule has 1 saturated carbocycles. The minimum atomic E-state index is -0.0853. The molecular weight excluding hydrogens is 366 g/mol. The Labute approximate surface area is 173 Å². The molecule has 0 N–H and O–H groups in total. The fraction of sp³-hybridized carbons (Fsp3) is 0.652. The van der Waals surface area contributed by atoms with Crippen LogP contribution in [0.4, 0.5) is 0 Å². The van der Waals surface area contributed by atoms with Crippen molar-refractivity contribution in [2.45, 2.75) is 64.0 Å². The molecule has 2 saturated heterocycles. The maximum absolute atomic E-state index is 12.8. The monoisotopic (exact) mass is 399 g/mol. The zero-order valence-electron chi connectivity index (χ0n) is 17.7. The van der Waals surface area contributed by atoms with E-state index in [0.717, 1.165) is 51.1 Å². The van der Waals surface area contributed by atoms with Gasteiger partial charge in [0.2, 0.25) is 0 Å². The van der Waals surface area contributed by atoms with Gasteiger partial charge in [-0.25, -0.2) is 4.99 Å². The quantitative estimate of drug-likeness (QED) is 0.680. The summed E-state index contributed by atoms with van der Waals surface area (Å²) >= 11 is 0. The van der Waals surface area contributed by atoms with Crippen LogP contribution in [-0.2, 0) is 14.3 Å². The third kappa shape index (κ3) is 4.48. The fourth-order valence-electron chi connectivity index (χ4n) is 4.55. The number of ether oxygens (including phenoxy) is 2. The van der Waals surface area contributed by atoms with Crippen LogP contribution in [0.15, 0.2) is 40.6 Å². The molecule has 1 unspecified atom stereocenters. The summed E-state index contributed by atoms with van der Waals surface area (Å²) in [7, 11) is 0. The molecule has 1 amide bonds. The summed E-state index contributed by atoms with van der Waals surface area (Å²) in [5.41, 5.74) is 1.03. The average molecular weight is 400 g/mol. The topological polar surface area (TPSA) is 54.4 Å². The minimum absolute atomic E-state index is 0.00931. The summed E-state index contributed by atoms with van der Waals surface area (Å²) in [6.07, 6.45) is 15.2. The molecule has 0 aromatic heterocycles. The molecule has 0 radical (unpaired) electrons. The number of hydrogen-bond acceptors (Lipinski definition) is 5. The Morgan fingerprint density at radius 3 is 2.66 bits per heavy atom. The van der Waals surface area contributed by atoms with Crippen molar-refractivity contribution in [2.75, 3.05) is 32.8 Å². The van der Waals surface area contributed by atoms with Gasteiger partial charge in [0.25, 0.3) is 5.91 Å². The van der Waals surface area contributed by atoms with Crippen LogP contribution in [0.1, 0.15) is 52.4 Å². The van der Waals surface area contributed by atoms with E-state index < -0.39 is 0 Å². The highest BCUT2D eigenvalue weighted by Gasteiger charge is 2.35. The Kier molecular flexibility index (Phi) is 6.20. The number of amidine groups is 1. The largest absolute Gasteiger partial charge is 0.420 e. The van der Waals surface area contributed by atoms with Gasteiger partial charge in [0.15, 0.2) is 5.76 Å². The van der Waals surface area contributed by atoms with Crippen molar-refractivity contribution in [3.63, 3.8) is 0 Å². The number of carbonyl (C=O) groups excluding carboxylic acids is 1. The summed E-state index contributed by atoms with van der Waals surface area (Å²) < 4.78 is 11.4. The van der Waals surface area contributed by atoms with E-state index in [9.17, 15) is 4.79 Å². The van der Waals surface area contributed by atoms with E-state index in [2.05, 4.69) is 30.1 Å². The van der Waals surface area contributed by atoms with Gasteiger partial charge in [-0.15, -0.1) is 0 Å². The number of likely N-dealkylation sites (N-methyl/N-ethyl adjacent to an activating group) is 1. The Morgan fingerprint density at radius 1 is 1.24 bits per heavy atom. The molecule has 2 aliphatic heterocycles. The average Bonchev–Trinajstić information content (AvgIpc) is 3.05. The van der Waals surface area contributed by atoms with Gasteiger partial charge < -0.3 is 9.47 Å². The van der Waals surface area contributed by atoms with Crippen LogP contribution in [0.25, 0.3) is 0 Å². The summed E-state index contributed by atoms with van der Waals surface area (Å²) in [5.74, 6) is 0.296. The van der Waals surface area contributed by atoms with Gasteiger partial charge >= 0.3 is 6.02 Å². The maximum atomic E-state index is 12.8. The maximum Gasteiger partial charge on any atom is 0.300 e. The number of nitrogens with zero attached hydrogens (tertiary/aromatic N) is 3. The van der Waals surface area contributed by atoms with Gasteiger partial charge in [-0.3, -0.25) is 14.6 Å². The third-order valence-corrected chi connectivity index (χ3v) is 6.49. The smallest absolute Gasteiger partial charge is 0.300 e. The summed E-state index contributed by atoms with van der Waals surface area (Å²) in [6, 6.07) is 0.761. The van der Waals surface area contributed by atoms with Gasteiger partial charge in [-0.2, -0.15) is 0 Å². The Morgan fingerprint density at radius 2 is 2.00 bits per heavy atom. The van der Waals surface area contributed by atoms with Crippen molar-refractivity contribution in [3.05, 3.63) is 35.6 Å². The predicted octanol–water partition coefficient (Wildman–Crippen LogP) is 3.41. The van der Waals surface area contributed by atoms with E-state index in [0.29, 0.717) is 18.3 Å². The highest BCUT2D eigenvalue weighted by atomic mass is 16.5. The lowest BCUT2D eigenvalue weighted by Crippen LogP contribution is -2.50. The summed E-state index contributed by atoms with van der Waals surface area (Å²) in [4.78, 5) is 21.7. The van der Waals surface area contributed by atoms with Crippen molar-refractivity contribution in [3.8, 4) is 0 Å². The number of aliphatic imine (C=N–C) groups is 1. The van der Waals surface area contributed by atoms with Crippen molar-refractivity contribution < 1.29 is 14.3 Å². The Balaban J connectivity index is 1.46. The molecule has 6 nitrogen and oxygen atoms in total. The molecule has 2 aliphatic carbocycles. The minimum Gasteiger partial charge on any atom is -0.420 e. The lowest BCUT2D eigenvalue weighted by atomic mass is 9.88. The fourth-order valence-corrected chi connectivity index (χ4v) is 4.55. The van der Waals surface area contributed by atoms with Gasteiger partial charge in [0.05, 0.1) is 19.3 Å². The first-order valence-electron chi connectivity index (χ1n) is 11.1. The number of morpholine rings is 1. The van der Waals surface area contributed by atoms with Crippen molar-refractivity contribution in [1.82, 2.24) is 9.80 Å². The molecule has 2 heterocycles. The number of carbonyl (C=O) groups is 1. The highest BCUT2D eigenvalue weighted by Crippen LogP contribution is 2.30. The molecule has 1 atom stereocenters. The highest BCUT2D eigenvalue weighted by molar-refractivity contribution is 6.09. The van der Waals surface area contributed by atoms with Gasteiger partial charge in [0, 0.05) is 25.2 Å². The molecule has 29 heavy (non-hydrogen) atoms. The van der Waals surface area contributed by atoms with E-state index >= 15 is 0 Å². The van der Waals surface area contributed by atoms with E-state index in [4.69, 9.17) is 14.5 Å². The lowest BCUT2D eigenvalue weighted by Gasteiger charge is -2.42. The molecule has 3 fully saturated rings. The molecule has 0 spiro atoms. The molecule has 6 heteroatoms. The number of allylic oxidation sites excluding steroid dienone is 3. The van der Waals surface area contributed by atoms with E-state index in [1.807, 2.05) is 13.0 Å². The SMILES string of the molecule is CCN1C(=O)/C(=C\C2=CCC(C)(N3CCOCC3)C=C2)OC1=NC1CCCCC1. The van der Waals surface area contributed by atoms with Crippen LogP contribution in [-0.4, -0.2) is 66.2 Å². The Hall–Kier alpha value is -1.92. The molecule has 4 rings (SSSR count). The summed E-state index contributed by atoms with van der Waals surface area (Å²) in [5, 5.41) is 0. The van der Waals surface area contributed by atoms with Gasteiger partial charge in [-0.05, 0) is 44.8 Å². The molecule has 4 aliphatic rings. The van der Waals surface area contributed by atoms with E-state index in [1.165, 1.54) is 19.3 Å². The van der Waals surface area contributed by atoms with Crippen molar-refractivity contribution in [1.29, 1.82) is 0 Å². The molecule has 158 valence electrons. The van der Waals surface area contributed by atoms with Crippen LogP contribution in [0, 0.1) is 0 Å². The van der Waals surface area contributed by atoms with Crippen LogP contribution < -0.4 is 0 Å². The Bertz CT molecular complexity index is 742. The molecular formula is C23H33N3O3. The summed E-state index contributed by atoms with van der Waals surface area (Å²) in [6.45, 7) is 8.31. The number of amides is 1. The van der Waals surface area contributed by atoms with E-state index in [1.54, 1.807) is 4.90 Å². The van der Waals surface area contributed by atoms with Crippen molar-refractivity contribution in [2.24, 2.45) is 4.99 Å². The standard InChI is InChI=1S/C23H33N3O3/c1-3-26-21(27)20(29-22(26)24-19-7-5-4-6-8-19)17-18-9-11-23(2,12-10-18)25-13-15-28-16-14-25/h9-11,17,19H,3-8,12-16H2,1-2H3/b20-17+,24-22?. The van der Waals surface area contributed by atoms with Crippen LogP contribution >= 0.6 is 0 Å². The first-order valence-corrected chi connectivity index (χ1v) is 11.1. The van der Waals surface area contributed by atoms with Crippen LogP contribution in [0.5, 0.6) is 0 Å². The lowest BCUT2D eigenvalue weighted by molar-refractivity contribution is -0.122. The second kappa shape index (κ2) is 8.84. The first kappa shape index (κ1) is 20.4. The second-order valence-electron chi connectivity index (χ2n) is 8.56. The molecule has 0 aromatic rings.